The first-order valence-electron chi connectivity index (χ1n) is 6.38. The molecule has 20 heavy (non-hydrogen) atoms. The van der Waals surface area contributed by atoms with Gasteiger partial charge in [-0.15, -0.1) is 0 Å². The molecular formula is C13H20N2O5. The lowest BCUT2D eigenvalue weighted by Gasteiger charge is -2.11. The molecule has 0 bridgehead atoms. The summed E-state index contributed by atoms with van der Waals surface area (Å²) in [6.07, 6.45) is 1.02. The number of benzene rings is 1. The van der Waals surface area contributed by atoms with E-state index in [0.717, 1.165) is 13.0 Å². The molecule has 0 heterocycles. The number of methoxy groups -OCH3 is 2. The van der Waals surface area contributed by atoms with Gasteiger partial charge in [-0.1, -0.05) is 6.92 Å². The van der Waals surface area contributed by atoms with Crippen molar-refractivity contribution in [2.24, 2.45) is 0 Å². The summed E-state index contributed by atoms with van der Waals surface area (Å²) < 4.78 is 15.6. The van der Waals surface area contributed by atoms with Crippen LogP contribution in [0, 0.1) is 10.1 Å². The third kappa shape index (κ3) is 4.27. The Morgan fingerprint density at radius 1 is 1.15 bits per heavy atom. The molecule has 1 rings (SSSR count). The lowest BCUT2D eigenvalue weighted by molar-refractivity contribution is -0.385. The van der Waals surface area contributed by atoms with Gasteiger partial charge in [-0.25, -0.2) is 0 Å². The minimum Gasteiger partial charge on any atom is -0.493 e. The van der Waals surface area contributed by atoms with Crippen LogP contribution in [0.1, 0.15) is 13.3 Å². The van der Waals surface area contributed by atoms with Crippen LogP contribution in [-0.2, 0) is 0 Å². The van der Waals surface area contributed by atoms with Gasteiger partial charge >= 0.3 is 5.69 Å². The molecule has 0 amide bonds. The van der Waals surface area contributed by atoms with Gasteiger partial charge in [0, 0.05) is 12.6 Å². The zero-order valence-electron chi connectivity index (χ0n) is 12.0. The summed E-state index contributed by atoms with van der Waals surface area (Å²) in [6, 6.07) is 2.77. The molecule has 1 aromatic rings. The van der Waals surface area contributed by atoms with Gasteiger partial charge in [0.15, 0.2) is 11.5 Å². The van der Waals surface area contributed by atoms with E-state index >= 15 is 0 Å². The lowest BCUT2D eigenvalue weighted by Crippen LogP contribution is -2.21. The van der Waals surface area contributed by atoms with Crippen LogP contribution in [0.5, 0.6) is 17.2 Å². The molecule has 0 aliphatic carbocycles. The number of nitrogens with zero attached hydrogens (tertiary/aromatic N) is 1. The normalized spacial score (nSPS) is 10.2. The Morgan fingerprint density at radius 3 is 2.35 bits per heavy atom. The summed E-state index contributed by atoms with van der Waals surface area (Å²) in [5, 5.41) is 14.2. The summed E-state index contributed by atoms with van der Waals surface area (Å²) in [5.41, 5.74) is -0.141. The molecule has 0 aromatic heterocycles. The predicted octanol–water partition coefficient (Wildman–Crippen LogP) is 1.99. The van der Waals surface area contributed by atoms with Crippen molar-refractivity contribution in [2.75, 3.05) is 33.9 Å². The van der Waals surface area contributed by atoms with Crippen LogP contribution >= 0.6 is 0 Å². The fourth-order valence-electron chi connectivity index (χ4n) is 1.64. The van der Waals surface area contributed by atoms with Gasteiger partial charge < -0.3 is 19.5 Å². The molecule has 0 aliphatic rings. The van der Waals surface area contributed by atoms with Gasteiger partial charge in [-0.3, -0.25) is 10.1 Å². The van der Waals surface area contributed by atoms with Crippen molar-refractivity contribution in [2.45, 2.75) is 13.3 Å². The maximum atomic E-state index is 11.0. The minimum absolute atomic E-state index is 0.141. The monoisotopic (exact) mass is 284 g/mol. The molecule has 0 fully saturated rings. The summed E-state index contributed by atoms with van der Waals surface area (Å²) in [5.74, 6) is 0.872. The second-order valence-electron chi connectivity index (χ2n) is 4.03. The number of hydrogen-bond acceptors (Lipinski definition) is 6. The molecule has 0 aliphatic heterocycles. The molecule has 1 aromatic carbocycles. The van der Waals surface area contributed by atoms with Crippen LogP contribution in [-0.4, -0.2) is 38.8 Å². The first-order valence-corrected chi connectivity index (χ1v) is 6.38. The highest BCUT2D eigenvalue weighted by Crippen LogP contribution is 2.38. The van der Waals surface area contributed by atoms with Crippen molar-refractivity contribution < 1.29 is 19.1 Å². The predicted molar refractivity (Wildman–Crippen MR) is 74.9 cm³/mol. The van der Waals surface area contributed by atoms with Crippen LogP contribution in [0.15, 0.2) is 12.1 Å². The van der Waals surface area contributed by atoms with Crippen molar-refractivity contribution in [3.8, 4) is 17.2 Å². The summed E-state index contributed by atoms with van der Waals surface area (Å²) in [4.78, 5) is 10.5. The second-order valence-corrected chi connectivity index (χ2v) is 4.03. The van der Waals surface area contributed by atoms with Crippen LogP contribution in [0.25, 0.3) is 0 Å². The molecule has 0 atom stereocenters. The van der Waals surface area contributed by atoms with E-state index in [9.17, 15) is 10.1 Å². The molecule has 112 valence electrons. The molecule has 7 nitrogen and oxygen atoms in total. The number of hydrogen-bond donors (Lipinski definition) is 1. The Kier molecular flexibility index (Phi) is 6.58. The first-order chi connectivity index (χ1) is 9.63. The summed E-state index contributed by atoms with van der Waals surface area (Å²) >= 11 is 0. The Morgan fingerprint density at radius 2 is 1.80 bits per heavy atom. The highest BCUT2D eigenvalue weighted by molar-refractivity contribution is 5.58. The Hall–Kier alpha value is -2.02. The second kappa shape index (κ2) is 8.21. The van der Waals surface area contributed by atoms with Gasteiger partial charge in [-0.2, -0.15) is 0 Å². The Labute approximate surface area is 118 Å². The minimum atomic E-state index is -0.503. The number of nitro benzene ring substituents is 1. The van der Waals surface area contributed by atoms with Crippen molar-refractivity contribution in [3.63, 3.8) is 0 Å². The van der Waals surface area contributed by atoms with E-state index in [2.05, 4.69) is 12.2 Å². The van der Waals surface area contributed by atoms with Crippen LogP contribution in [0.4, 0.5) is 5.69 Å². The van der Waals surface area contributed by atoms with Gasteiger partial charge in [0.05, 0.1) is 25.2 Å². The lowest BCUT2D eigenvalue weighted by atomic mass is 10.2. The number of nitrogens with one attached hydrogen (secondary N) is 1. The van der Waals surface area contributed by atoms with Gasteiger partial charge in [0.25, 0.3) is 0 Å². The zero-order chi connectivity index (χ0) is 15.0. The number of rotatable bonds is 9. The van der Waals surface area contributed by atoms with Gasteiger partial charge in [0.2, 0.25) is 5.75 Å². The van der Waals surface area contributed by atoms with Gasteiger partial charge in [-0.05, 0) is 13.0 Å². The molecular weight excluding hydrogens is 264 g/mol. The molecule has 0 radical (unpaired) electrons. The Balaban J connectivity index is 2.84. The quantitative estimate of drug-likeness (QED) is 0.424. The molecule has 0 saturated carbocycles. The summed E-state index contributed by atoms with van der Waals surface area (Å²) in [6.45, 7) is 3.92. The fraction of sp³-hybridized carbons (Fsp3) is 0.538. The number of nitro groups is 1. The fourth-order valence-corrected chi connectivity index (χ4v) is 1.64. The molecule has 1 N–H and O–H groups in total. The average Bonchev–Trinajstić information content (AvgIpc) is 2.46. The molecule has 7 heteroatoms. The Bertz CT molecular complexity index is 451. The topological polar surface area (TPSA) is 82.9 Å². The van der Waals surface area contributed by atoms with Crippen LogP contribution in [0.3, 0.4) is 0 Å². The van der Waals surface area contributed by atoms with Crippen molar-refractivity contribution in [1.82, 2.24) is 5.32 Å². The highest BCUT2D eigenvalue weighted by Gasteiger charge is 2.20. The zero-order valence-corrected chi connectivity index (χ0v) is 12.0. The average molecular weight is 284 g/mol. The van der Waals surface area contributed by atoms with Crippen LogP contribution < -0.4 is 19.5 Å². The van der Waals surface area contributed by atoms with Crippen LogP contribution in [0.2, 0.25) is 0 Å². The molecule has 0 saturated heterocycles. The first kappa shape index (κ1) is 16.0. The maximum Gasteiger partial charge on any atom is 0.314 e. The van der Waals surface area contributed by atoms with Gasteiger partial charge in [0.1, 0.15) is 6.61 Å². The van der Waals surface area contributed by atoms with E-state index in [-0.39, 0.29) is 11.4 Å². The van der Waals surface area contributed by atoms with E-state index < -0.39 is 4.92 Å². The smallest absolute Gasteiger partial charge is 0.314 e. The third-order valence-electron chi connectivity index (χ3n) is 2.63. The maximum absolute atomic E-state index is 11.0. The van der Waals surface area contributed by atoms with E-state index in [0.29, 0.717) is 24.7 Å². The standard InChI is InChI=1S/C13H20N2O5/c1-4-5-14-6-7-20-11-9-13(19-3)12(18-2)8-10(11)15(16)17/h8-9,14H,4-7H2,1-3H3. The van der Waals surface area contributed by atoms with E-state index in [4.69, 9.17) is 14.2 Å². The number of ether oxygens (including phenoxy) is 3. The SMILES string of the molecule is CCCNCCOc1cc(OC)c(OC)cc1[N+](=O)[O-]. The molecule has 0 spiro atoms. The van der Waals surface area contributed by atoms with E-state index in [1.807, 2.05) is 0 Å². The van der Waals surface area contributed by atoms with Crippen molar-refractivity contribution >= 4 is 5.69 Å². The largest absolute Gasteiger partial charge is 0.493 e. The summed E-state index contributed by atoms with van der Waals surface area (Å²) in [7, 11) is 2.90. The van der Waals surface area contributed by atoms with Crippen molar-refractivity contribution in [3.05, 3.63) is 22.2 Å². The third-order valence-corrected chi connectivity index (χ3v) is 2.63. The van der Waals surface area contributed by atoms with Crippen molar-refractivity contribution in [1.29, 1.82) is 0 Å². The van der Waals surface area contributed by atoms with E-state index in [1.54, 1.807) is 0 Å². The highest BCUT2D eigenvalue weighted by atomic mass is 16.6. The molecule has 0 unspecified atom stereocenters. The van der Waals surface area contributed by atoms with E-state index in [1.165, 1.54) is 26.4 Å².